The lowest BCUT2D eigenvalue weighted by atomic mass is 10.1. The molecule has 1 N–H and O–H groups in total. The fraction of sp³-hybridized carbons (Fsp3) is 0.182. The quantitative estimate of drug-likeness (QED) is 0.459. The van der Waals surface area contributed by atoms with E-state index in [1.165, 1.54) is 0 Å². The first-order valence-electron chi connectivity index (χ1n) is 9.22. The Hall–Kier alpha value is -3.03. The summed E-state index contributed by atoms with van der Waals surface area (Å²) >= 11 is 0. The van der Waals surface area contributed by atoms with Crippen molar-refractivity contribution in [1.29, 1.82) is 0 Å². The number of carbonyl (C=O) groups is 1. The van der Waals surface area contributed by atoms with Gasteiger partial charge in [-0.15, -0.1) is 0 Å². The minimum Gasteiger partial charge on any atom is -0.272 e. The van der Waals surface area contributed by atoms with E-state index in [-0.39, 0.29) is 13.1 Å². The van der Waals surface area contributed by atoms with E-state index in [4.69, 9.17) is 0 Å². The molecule has 0 atom stereocenters. The third kappa shape index (κ3) is 5.97. The van der Waals surface area contributed by atoms with Crippen LogP contribution in [0.15, 0.2) is 77.9 Å². The minimum absolute atomic E-state index is 0.225. The van der Waals surface area contributed by atoms with Crippen LogP contribution >= 0.6 is 0 Å². The largest absolute Gasteiger partial charge is 0.272 e. The Morgan fingerprint density at radius 3 is 2.45 bits per heavy atom. The minimum atomic E-state index is -3.52. The number of fused-ring (bicyclic) bond motifs is 1. The zero-order valence-corrected chi connectivity index (χ0v) is 17.0. The van der Waals surface area contributed by atoms with E-state index in [1.54, 1.807) is 6.21 Å². The van der Waals surface area contributed by atoms with Crippen LogP contribution in [0.5, 0.6) is 0 Å². The first kappa shape index (κ1) is 20.7. The van der Waals surface area contributed by atoms with Crippen LogP contribution in [0.4, 0.5) is 0 Å². The fourth-order valence-electron chi connectivity index (χ4n) is 2.99. The van der Waals surface area contributed by atoms with Crippen molar-refractivity contribution < 1.29 is 13.2 Å². The highest BCUT2D eigenvalue weighted by molar-refractivity contribution is 7.88. The first-order chi connectivity index (χ1) is 13.9. The van der Waals surface area contributed by atoms with Gasteiger partial charge in [0, 0.05) is 12.1 Å². The molecule has 3 rings (SSSR count). The van der Waals surface area contributed by atoms with Gasteiger partial charge in [-0.3, -0.25) is 4.79 Å². The molecule has 0 saturated heterocycles. The van der Waals surface area contributed by atoms with Gasteiger partial charge in [0.15, 0.2) is 0 Å². The maximum atomic E-state index is 12.2. The molecule has 0 aliphatic heterocycles. The molecule has 0 radical (unpaired) electrons. The predicted octanol–water partition coefficient (Wildman–Crippen LogP) is 2.79. The summed E-state index contributed by atoms with van der Waals surface area (Å²) < 4.78 is 25.2. The van der Waals surface area contributed by atoms with E-state index in [9.17, 15) is 13.2 Å². The van der Waals surface area contributed by atoms with Crippen molar-refractivity contribution in [3.05, 3.63) is 83.9 Å². The molecule has 0 aliphatic rings. The van der Waals surface area contributed by atoms with Crippen LogP contribution < -0.4 is 5.43 Å². The van der Waals surface area contributed by atoms with Crippen LogP contribution in [0.1, 0.15) is 11.1 Å². The number of hydrazone groups is 1. The summed E-state index contributed by atoms with van der Waals surface area (Å²) in [5.74, 6) is -0.486. The molecule has 0 fully saturated rings. The molecule has 3 aromatic carbocycles. The van der Waals surface area contributed by atoms with E-state index in [0.29, 0.717) is 6.42 Å². The predicted molar refractivity (Wildman–Crippen MR) is 116 cm³/mol. The zero-order valence-electron chi connectivity index (χ0n) is 16.2. The van der Waals surface area contributed by atoms with Gasteiger partial charge in [-0.2, -0.15) is 9.41 Å². The number of carbonyl (C=O) groups excluding carboxylic acids is 1. The maximum absolute atomic E-state index is 12.2. The van der Waals surface area contributed by atoms with Crippen molar-refractivity contribution in [3.8, 4) is 0 Å². The Morgan fingerprint density at radius 1 is 1.00 bits per heavy atom. The van der Waals surface area contributed by atoms with E-state index in [2.05, 4.69) is 10.5 Å². The Labute approximate surface area is 170 Å². The van der Waals surface area contributed by atoms with E-state index >= 15 is 0 Å². The molecule has 6 nitrogen and oxygen atoms in total. The highest BCUT2D eigenvalue weighted by atomic mass is 32.2. The van der Waals surface area contributed by atoms with Gasteiger partial charge in [0.2, 0.25) is 10.0 Å². The number of nitrogens with one attached hydrogen (secondary N) is 1. The third-order valence-electron chi connectivity index (χ3n) is 4.50. The van der Waals surface area contributed by atoms with Gasteiger partial charge in [0.25, 0.3) is 5.91 Å². The number of sulfonamides is 1. The van der Waals surface area contributed by atoms with Crippen LogP contribution in [-0.2, 0) is 21.2 Å². The van der Waals surface area contributed by atoms with Crippen LogP contribution in [0.3, 0.4) is 0 Å². The fourth-order valence-corrected chi connectivity index (χ4v) is 3.77. The third-order valence-corrected chi connectivity index (χ3v) is 5.75. The second-order valence-electron chi connectivity index (χ2n) is 6.69. The van der Waals surface area contributed by atoms with Crippen LogP contribution in [0, 0.1) is 0 Å². The molecule has 7 heteroatoms. The summed E-state index contributed by atoms with van der Waals surface area (Å²) in [5.41, 5.74) is 4.30. The summed E-state index contributed by atoms with van der Waals surface area (Å²) in [6.07, 6.45) is 3.19. The maximum Gasteiger partial charge on any atom is 0.255 e. The molecular formula is C22H23N3O3S. The topological polar surface area (TPSA) is 78.8 Å². The van der Waals surface area contributed by atoms with Gasteiger partial charge in [-0.05, 0) is 22.8 Å². The van der Waals surface area contributed by atoms with E-state index in [0.717, 1.165) is 32.5 Å². The number of hydrogen-bond donors (Lipinski definition) is 1. The Bertz CT molecular complexity index is 1110. The molecule has 0 heterocycles. The number of benzene rings is 3. The summed E-state index contributed by atoms with van der Waals surface area (Å²) in [6, 6.07) is 23.3. The molecule has 0 unspecified atom stereocenters. The monoisotopic (exact) mass is 409 g/mol. The molecule has 0 bridgehead atoms. The van der Waals surface area contributed by atoms with Crippen LogP contribution in [0.2, 0.25) is 0 Å². The molecule has 0 saturated carbocycles. The van der Waals surface area contributed by atoms with Gasteiger partial charge in [-0.25, -0.2) is 13.8 Å². The average molecular weight is 410 g/mol. The smallest absolute Gasteiger partial charge is 0.255 e. The lowest BCUT2D eigenvalue weighted by Crippen LogP contribution is -2.40. The van der Waals surface area contributed by atoms with Crippen LogP contribution in [-0.4, -0.2) is 44.2 Å². The number of hydrogen-bond acceptors (Lipinski definition) is 4. The van der Waals surface area contributed by atoms with Gasteiger partial charge in [0.1, 0.15) is 0 Å². The average Bonchev–Trinajstić information content (AvgIpc) is 2.71. The Kier molecular flexibility index (Phi) is 6.74. The summed E-state index contributed by atoms with van der Waals surface area (Å²) in [7, 11) is -3.52. The van der Waals surface area contributed by atoms with Crippen molar-refractivity contribution in [2.75, 3.05) is 19.3 Å². The highest BCUT2D eigenvalue weighted by Crippen LogP contribution is 2.16. The summed E-state index contributed by atoms with van der Waals surface area (Å²) in [6.45, 7) is -0.0537. The molecule has 0 aliphatic carbocycles. The Balaban J connectivity index is 1.61. The van der Waals surface area contributed by atoms with Gasteiger partial charge >= 0.3 is 0 Å². The molecule has 0 spiro atoms. The summed E-state index contributed by atoms with van der Waals surface area (Å²) in [4.78, 5) is 12.2. The van der Waals surface area contributed by atoms with Gasteiger partial charge in [-0.1, -0.05) is 72.8 Å². The molecular weight excluding hydrogens is 386 g/mol. The van der Waals surface area contributed by atoms with Gasteiger partial charge < -0.3 is 0 Å². The standard InChI is InChI=1S/C22H23N3O3S/c1-29(27,28)25(15-14-18-8-3-2-4-9-18)17-22(26)24-23-16-20-12-7-11-19-10-5-6-13-21(19)20/h2-13,16H,14-15,17H2,1H3,(H,24,26)/b23-16+. The summed E-state index contributed by atoms with van der Waals surface area (Å²) in [5, 5.41) is 6.10. The van der Waals surface area contributed by atoms with Crippen LogP contribution in [0.25, 0.3) is 10.8 Å². The normalized spacial score (nSPS) is 11.9. The number of amides is 1. The number of rotatable bonds is 8. The SMILES string of the molecule is CS(=O)(=O)N(CCc1ccccc1)CC(=O)N/N=C/c1cccc2ccccc12. The van der Waals surface area contributed by atoms with E-state index < -0.39 is 15.9 Å². The first-order valence-corrected chi connectivity index (χ1v) is 11.1. The number of nitrogens with zero attached hydrogens (tertiary/aromatic N) is 2. The molecule has 29 heavy (non-hydrogen) atoms. The van der Waals surface area contributed by atoms with Crippen molar-refractivity contribution in [2.24, 2.45) is 5.10 Å². The van der Waals surface area contributed by atoms with Gasteiger partial charge in [0.05, 0.1) is 19.0 Å². The molecule has 0 aromatic heterocycles. The second kappa shape index (κ2) is 9.45. The van der Waals surface area contributed by atoms with Crippen molar-refractivity contribution in [3.63, 3.8) is 0 Å². The highest BCUT2D eigenvalue weighted by Gasteiger charge is 2.19. The second-order valence-corrected chi connectivity index (χ2v) is 8.68. The molecule has 3 aromatic rings. The van der Waals surface area contributed by atoms with E-state index in [1.807, 2.05) is 72.8 Å². The van der Waals surface area contributed by atoms with Crippen molar-refractivity contribution in [1.82, 2.24) is 9.73 Å². The molecule has 1 amide bonds. The lowest BCUT2D eigenvalue weighted by Gasteiger charge is -2.18. The van der Waals surface area contributed by atoms with Crippen molar-refractivity contribution in [2.45, 2.75) is 6.42 Å². The lowest BCUT2D eigenvalue weighted by molar-refractivity contribution is -0.121. The van der Waals surface area contributed by atoms with Crippen molar-refractivity contribution >= 4 is 32.9 Å². The molecule has 150 valence electrons. The Morgan fingerprint density at radius 2 is 1.69 bits per heavy atom. The zero-order chi connectivity index (χ0) is 20.7.